The summed E-state index contributed by atoms with van der Waals surface area (Å²) in [6.45, 7) is -1.43. The predicted octanol–water partition coefficient (Wildman–Crippen LogP) is 0.272. The van der Waals surface area contributed by atoms with E-state index in [1.54, 1.807) is 0 Å². The Kier molecular flexibility index (Phi) is 4.46. The number of aliphatic hydroxyl groups is 2. The summed E-state index contributed by atoms with van der Waals surface area (Å²) in [4.78, 5) is 9.12. The van der Waals surface area contributed by atoms with Crippen LogP contribution in [0.5, 0.6) is 0 Å². The Morgan fingerprint density at radius 2 is 2.38 bits per heavy atom. The zero-order valence-electron chi connectivity index (χ0n) is 12.1. The van der Waals surface area contributed by atoms with E-state index < -0.39 is 36.6 Å². The molecule has 0 radical (unpaired) electrons. The molecule has 0 spiro atoms. The number of aromatic nitrogens is 4. The largest absolute Gasteiger partial charge is 0.394 e. The molecule has 1 aliphatic rings. The normalized spacial score (nSPS) is 29.6. The van der Waals surface area contributed by atoms with Crippen molar-refractivity contribution in [2.75, 3.05) is 19.0 Å². The highest BCUT2D eigenvalue weighted by molar-refractivity contribution is 7.71. The van der Waals surface area contributed by atoms with Crippen molar-refractivity contribution in [1.29, 1.82) is 0 Å². The highest BCUT2D eigenvalue weighted by atomic mass is 35.5. The summed E-state index contributed by atoms with van der Waals surface area (Å²) >= 11 is 11.5. The van der Waals surface area contributed by atoms with Crippen LogP contribution in [0.15, 0.2) is 6.33 Å². The summed E-state index contributed by atoms with van der Waals surface area (Å²) in [6.07, 6.45) is -2.06. The minimum absolute atomic E-state index is 0.0570. The molecule has 128 valence electrons. The number of alkyl halides is 2. The highest BCUT2D eigenvalue weighted by Gasteiger charge is 2.55. The Hall–Kier alpha value is -1.77. The number of rotatable bonds is 2. The highest BCUT2D eigenvalue weighted by Crippen LogP contribution is 2.44. The summed E-state index contributed by atoms with van der Waals surface area (Å²) in [5.74, 6) is 4.73. The Morgan fingerprint density at radius 3 is 3.04 bits per heavy atom. The lowest BCUT2D eigenvalue weighted by atomic mass is 9.99. The SMILES string of the molecule is Nc1nc(=S)c2ncn(C3OC(CO)C(O)C3(Cl)C#CCF)c2[nH]1. The number of nitrogen functional groups attached to an aromatic ring is 1. The Morgan fingerprint density at radius 1 is 1.62 bits per heavy atom. The van der Waals surface area contributed by atoms with E-state index in [0.29, 0.717) is 11.2 Å². The lowest BCUT2D eigenvalue weighted by molar-refractivity contribution is -0.0436. The minimum Gasteiger partial charge on any atom is -0.394 e. The van der Waals surface area contributed by atoms with E-state index >= 15 is 0 Å². The number of fused-ring (bicyclic) bond motifs is 1. The van der Waals surface area contributed by atoms with Crippen molar-refractivity contribution in [2.45, 2.75) is 23.3 Å². The number of anilines is 1. The molecule has 4 unspecified atom stereocenters. The molecule has 0 aromatic carbocycles. The Labute approximate surface area is 145 Å². The van der Waals surface area contributed by atoms with Crippen molar-refractivity contribution in [2.24, 2.45) is 0 Å². The van der Waals surface area contributed by atoms with Crippen LogP contribution in [0.4, 0.5) is 10.3 Å². The molecule has 3 heterocycles. The molecular formula is C13H13ClFN5O3S. The van der Waals surface area contributed by atoms with Gasteiger partial charge in [-0.1, -0.05) is 35.7 Å². The third-order valence-electron chi connectivity index (χ3n) is 3.69. The fraction of sp³-hybridized carbons (Fsp3) is 0.462. The van der Waals surface area contributed by atoms with E-state index in [2.05, 4.69) is 26.8 Å². The second kappa shape index (κ2) is 6.27. The van der Waals surface area contributed by atoms with Crippen LogP contribution in [0.1, 0.15) is 6.23 Å². The minimum atomic E-state index is -1.69. The number of ether oxygens (including phenoxy) is 1. The summed E-state index contributed by atoms with van der Waals surface area (Å²) in [7, 11) is 0. The van der Waals surface area contributed by atoms with E-state index in [-0.39, 0.29) is 10.6 Å². The van der Waals surface area contributed by atoms with Crippen LogP contribution in [-0.2, 0) is 4.74 Å². The van der Waals surface area contributed by atoms with Gasteiger partial charge in [0.05, 0.1) is 12.9 Å². The van der Waals surface area contributed by atoms with Crippen LogP contribution < -0.4 is 5.73 Å². The number of H-pyrrole nitrogens is 1. The number of aromatic amines is 1. The number of nitrogens with two attached hydrogens (primary N) is 1. The standard InChI is InChI=1S/C13H13ClFN5O3S/c14-13(2-1-3-15)8(22)6(4-21)23-11(13)20-5-17-7-9(20)18-12(16)19-10(7)24/h5-6,8,11,21-22H,3-4H2,(H3,16,18,19,24). The number of hydrogen-bond donors (Lipinski definition) is 4. The van der Waals surface area contributed by atoms with E-state index in [9.17, 15) is 14.6 Å². The van der Waals surface area contributed by atoms with Crippen molar-refractivity contribution < 1.29 is 19.3 Å². The topological polar surface area (TPSA) is 122 Å². The first kappa shape index (κ1) is 17.1. The number of nitrogens with one attached hydrogen (secondary N) is 1. The quantitative estimate of drug-likeness (QED) is 0.338. The van der Waals surface area contributed by atoms with Crippen molar-refractivity contribution >= 4 is 40.9 Å². The molecule has 5 N–H and O–H groups in total. The predicted molar refractivity (Wildman–Crippen MR) is 86.5 cm³/mol. The Balaban J connectivity index is 2.18. The first-order valence-corrected chi connectivity index (χ1v) is 7.62. The Bertz CT molecular complexity index is 893. The van der Waals surface area contributed by atoms with Crippen molar-refractivity contribution in [3.8, 4) is 11.8 Å². The average Bonchev–Trinajstić information content (AvgIpc) is 3.06. The molecule has 0 saturated carbocycles. The van der Waals surface area contributed by atoms with Crippen LogP contribution in [0, 0.1) is 16.5 Å². The molecule has 0 aliphatic carbocycles. The van der Waals surface area contributed by atoms with Crippen LogP contribution >= 0.6 is 23.8 Å². The molecule has 1 saturated heterocycles. The fourth-order valence-corrected chi connectivity index (χ4v) is 3.21. The van der Waals surface area contributed by atoms with Crippen molar-refractivity contribution in [3.05, 3.63) is 11.0 Å². The molecule has 0 amide bonds. The van der Waals surface area contributed by atoms with Gasteiger partial charge in [-0.15, -0.1) is 0 Å². The monoisotopic (exact) mass is 373 g/mol. The molecule has 2 aromatic heterocycles. The molecular weight excluding hydrogens is 361 g/mol. The lowest BCUT2D eigenvalue weighted by Crippen LogP contribution is -2.41. The van der Waals surface area contributed by atoms with Crippen molar-refractivity contribution in [3.63, 3.8) is 0 Å². The number of imidazole rings is 1. The van der Waals surface area contributed by atoms with E-state index in [1.165, 1.54) is 10.9 Å². The van der Waals surface area contributed by atoms with Gasteiger partial charge >= 0.3 is 0 Å². The number of hydrogen-bond acceptors (Lipinski definition) is 7. The van der Waals surface area contributed by atoms with Gasteiger partial charge in [-0.3, -0.25) is 4.57 Å². The number of aliphatic hydroxyl groups excluding tert-OH is 2. The third kappa shape index (κ3) is 2.54. The maximum Gasteiger partial charge on any atom is 0.200 e. The maximum atomic E-state index is 12.5. The van der Waals surface area contributed by atoms with E-state index in [1.807, 2.05) is 0 Å². The molecule has 3 rings (SSSR count). The maximum absolute atomic E-state index is 12.5. The smallest absolute Gasteiger partial charge is 0.200 e. The van der Waals surface area contributed by atoms with Gasteiger partial charge in [0.15, 0.2) is 21.7 Å². The van der Waals surface area contributed by atoms with Gasteiger partial charge in [0.1, 0.15) is 30.0 Å². The lowest BCUT2D eigenvalue weighted by Gasteiger charge is -2.25. The van der Waals surface area contributed by atoms with E-state index in [0.717, 1.165) is 0 Å². The summed E-state index contributed by atoms with van der Waals surface area (Å²) < 4.78 is 19.7. The first-order valence-electron chi connectivity index (χ1n) is 6.84. The fourth-order valence-electron chi connectivity index (χ4n) is 2.60. The summed E-state index contributed by atoms with van der Waals surface area (Å²) in [5, 5.41) is 19.7. The molecule has 24 heavy (non-hydrogen) atoms. The van der Waals surface area contributed by atoms with Crippen LogP contribution in [0.25, 0.3) is 11.2 Å². The van der Waals surface area contributed by atoms with Crippen LogP contribution in [0.2, 0.25) is 0 Å². The van der Waals surface area contributed by atoms with Gasteiger partial charge < -0.3 is 25.7 Å². The third-order valence-corrected chi connectivity index (χ3v) is 4.48. The zero-order chi connectivity index (χ0) is 17.5. The average molecular weight is 374 g/mol. The second-order valence-corrected chi connectivity index (χ2v) is 6.15. The van der Waals surface area contributed by atoms with Crippen molar-refractivity contribution in [1.82, 2.24) is 19.5 Å². The van der Waals surface area contributed by atoms with Crippen LogP contribution in [0.3, 0.4) is 0 Å². The van der Waals surface area contributed by atoms with E-state index in [4.69, 9.17) is 34.3 Å². The zero-order valence-corrected chi connectivity index (χ0v) is 13.7. The molecule has 1 fully saturated rings. The van der Waals surface area contributed by atoms with Gasteiger partial charge in [-0.2, -0.15) is 0 Å². The number of halogens is 2. The van der Waals surface area contributed by atoms with Gasteiger partial charge in [0, 0.05) is 0 Å². The molecule has 4 atom stereocenters. The number of nitrogens with zero attached hydrogens (tertiary/aromatic N) is 3. The van der Waals surface area contributed by atoms with Crippen LogP contribution in [-0.4, -0.2) is 60.1 Å². The summed E-state index contributed by atoms with van der Waals surface area (Å²) in [6, 6.07) is 0. The first-order chi connectivity index (χ1) is 11.4. The summed E-state index contributed by atoms with van der Waals surface area (Å²) in [5.41, 5.74) is 6.37. The van der Waals surface area contributed by atoms with Gasteiger partial charge in [0.25, 0.3) is 0 Å². The second-order valence-electron chi connectivity index (χ2n) is 5.13. The van der Waals surface area contributed by atoms with Gasteiger partial charge in [0.2, 0.25) is 0 Å². The molecule has 8 nitrogen and oxygen atoms in total. The molecule has 0 bridgehead atoms. The molecule has 11 heteroatoms. The molecule has 1 aliphatic heterocycles. The molecule has 2 aromatic rings. The van der Waals surface area contributed by atoms with Gasteiger partial charge in [-0.05, 0) is 0 Å². The van der Waals surface area contributed by atoms with Gasteiger partial charge in [-0.25, -0.2) is 14.4 Å².